The molecule has 0 saturated carbocycles. The Morgan fingerprint density at radius 1 is 1.59 bits per heavy atom. The third kappa shape index (κ3) is 3.66. The maximum Gasteiger partial charge on any atom is 0.315 e. The van der Waals surface area contributed by atoms with E-state index in [-0.39, 0.29) is 18.2 Å². The fourth-order valence-electron chi connectivity index (χ4n) is 2.64. The first-order chi connectivity index (χ1) is 10.7. The van der Waals surface area contributed by atoms with Gasteiger partial charge >= 0.3 is 6.03 Å². The zero-order valence-electron chi connectivity index (χ0n) is 12.5. The summed E-state index contributed by atoms with van der Waals surface area (Å²) in [5.74, 6) is 0. The molecule has 118 valence electrons. The molecule has 2 N–H and O–H groups in total. The van der Waals surface area contributed by atoms with Crippen molar-refractivity contribution in [3.63, 3.8) is 0 Å². The van der Waals surface area contributed by atoms with Crippen LogP contribution in [0.15, 0.2) is 29.2 Å². The van der Waals surface area contributed by atoms with Gasteiger partial charge in [0.2, 0.25) is 0 Å². The van der Waals surface area contributed by atoms with Crippen LogP contribution in [0, 0.1) is 0 Å². The lowest BCUT2D eigenvalue weighted by atomic mass is 9.98. The maximum atomic E-state index is 12.1. The molecule has 0 aliphatic carbocycles. The zero-order chi connectivity index (χ0) is 15.4. The second kappa shape index (κ2) is 6.93. The van der Waals surface area contributed by atoms with Crippen molar-refractivity contribution in [2.24, 2.45) is 7.05 Å². The molecule has 2 aromatic rings. The maximum absolute atomic E-state index is 12.1. The van der Waals surface area contributed by atoms with Gasteiger partial charge in [0.15, 0.2) is 0 Å². The number of carbonyl (C=O) groups is 1. The lowest BCUT2D eigenvalue weighted by Crippen LogP contribution is -2.46. The summed E-state index contributed by atoms with van der Waals surface area (Å²) in [6.07, 6.45) is 5.47. The minimum atomic E-state index is -0.157. The van der Waals surface area contributed by atoms with E-state index < -0.39 is 0 Å². The molecule has 0 spiro atoms. The highest BCUT2D eigenvalue weighted by Gasteiger charge is 2.29. The average Bonchev–Trinajstić information content (AvgIpc) is 3.17. The summed E-state index contributed by atoms with van der Waals surface area (Å²) in [4.78, 5) is 12.1. The number of hydrogen-bond donors (Lipinski definition) is 2. The highest BCUT2D eigenvalue weighted by Crippen LogP contribution is 2.28. The van der Waals surface area contributed by atoms with Crippen LogP contribution in [0.4, 0.5) is 4.79 Å². The number of ether oxygens (including phenoxy) is 1. The SMILES string of the molecule is Cn1cc([C@H]2OCCC[C@@H]2NC(=O)NCc2ccsc2)cn1. The first-order valence-corrected chi connectivity index (χ1v) is 8.32. The summed E-state index contributed by atoms with van der Waals surface area (Å²) in [6, 6.07) is 1.82. The minimum absolute atomic E-state index is 0.0274. The Hall–Kier alpha value is -1.86. The molecule has 22 heavy (non-hydrogen) atoms. The Balaban J connectivity index is 1.57. The van der Waals surface area contributed by atoms with Crippen molar-refractivity contribution in [1.82, 2.24) is 20.4 Å². The molecule has 2 amide bonds. The van der Waals surface area contributed by atoms with Crippen LogP contribution in [0.25, 0.3) is 0 Å². The molecule has 0 aromatic carbocycles. The topological polar surface area (TPSA) is 68.2 Å². The highest BCUT2D eigenvalue weighted by molar-refractivity contribution is 7.07. The summed E-state index contributed by atoms with van der Waals surface area (Å²) < 4.78 is 7.60. The molecule has 1 aliphatic rings. The van der Waals surface area contributed by atoms with Gasteiger partial charge in [-0.25, -0.2) is 4.79 Å². The quantitative estimate of drug-likeness (QED) is 0.907. The molecule has 7 heteroatoms. The van der Waals surface area contributed by atoms with Crippen molar-refractivity contribution in [1.29, 1.82) is 0 Å². The third-order valence-electron chi connectivity index (χ3n) is 3.73. The van der Waals surface area contributed by atoms with Crippen molar-refractivity contribution < 1.29 is 9.53 Å². The van der Waals surface area contributed by atoms with Crippen LogP contribution in [-0.4, -0.2) is 28.5 Å². The lowest BCUT2D eigenvalue weighted by Gasteiger charge is -2.31. The van der Waals surface area contributed by atoms with Crippen LogP contribution in [0.2, 0.25) is 0 Å². The van der Waals surface area contributed by atoms with Gasteiger partial charge in [0, 0.05) is 32.0 Å². The van der Waals surface area contributed by atoms with Gasteiger partial charge in [-0.2, -0.15) is 16.4 Å². The van der Waals surface area contributed by atoms with Gasteiger partial charge in [-0.05, 0) is 35.2 Å². The van der Waals surface area contributed by atoms with E-state index in [1.165, 1.54) is 0 Å². The monoisotopic (exact) mass is 320 g/mol. The summed E-state index contributed by atoms with van der Waals surface area (Å²) in [5, 5.41) is 14.1. The number of aryl methyl sites for hydroxylation is 1. The first-order valence-electron chi connectivity index (χ1n) is 7.38. The Kier molecular flexibility index (Phi) is 4.74. The third-order valence-corrected chi connectivity index (χ3v) is 4.46. The number of rotatable bonds is 4. The summed E-state index contributed by atoms with van der Waals surface area (Å²) >= 11 is 1.63. The van der Waals surface area contributed by atoms with E-state index in [4.69, 9.17) is 4.74 Å². The number of urea groups is 1. The molecule has 1 aliphatic heterocycles. The Labute approximate surface area is 133 Å². The van der Waals surface area contributed by atoms with Crippen LogP contribution in [-0.2, 0) is 18.3 Å². The predicted molar refractivity (Wildman–Crippen MR) is 84.6 cm³/mol. The standard InChI is InChI=1S/C15H20N4O2S/c1-19-9-12(8-17-19)14-13(3-2-5-21-14)18-15(20)16-7-11-4-6-22-10-11/h4,6,8-10,13-14H,2-3,5,7H2,1H3,(H2,16,18,20)/t13-,14+/m0/s1. The van der Waals surface area contributed by atoms with Gasteiger partial charge in [-0.3, -0.25) is 4.68 Å². The molecule has 0 radical (unpaired) electrons. The second-order valence-electron chi connectivity index (χ2n) is 5.45. The van der Waals surface area contributed by atoms with Gasteiger partial charge in [0.05, 0.1) is 12.2 Å². The Morgan fingerprint density at radius 3 is 3.23 bits per heavy atom. The molecule has 1 fully saturated rings. The van der Waals surface area contributed by atoms with Crippen LogP contribution >= 0.6 is 11.3 Å². The number of amides is 2. The van der Waals surface area contributed by atoms with Crippen LogP contribution < -0.4 is 10.6 Å². The zero-order valence-corrected chi connectivity index (χ0v) is 13.3. The molecular weight excluding hydrogens is 300 g/mol. The lowest BCUT2D eigenvalue weighted by molar-refractivity contribution is -0.00746. The largest absolute Gasteiger partial charge is 0.371 e. The van der Waals surface area contributed by atoms with E-state index in [1.54, 1.807) is 22.2 Å². The van der Waals surface area contributed by atoms with Gasteiger partial charge < -0.3 is 15.4 Å². The molecule has 0 bridgehead atoms. The van der Waals surface area contributed by atoms with Gasteiger partial charge in [0.1, 0.15) is 6.10 Å². The van der Waals surface area contributed by atoms with Crippen LogP contribution in [0.5, 0.6) is 0 Å². The number of carbonyl (C=O) groups excluding carboxylic acids is 1. The van der Waals surface area contributed by atoms with E-state index in [9.17, 15) is 4.79 Å². The van der Waals surface area contributed by atoms with Crippen molar-refractivity contribution in [3.8, 4) is 0 Å². The molecule has 0 unspecified atom stereocenters. The molecule has 1 saturated heterocycles. The summed E-state index contributed by atoms with van der Waals surface area (Å²) in [7, 11) is 1.88. The molecule has 6 nitrogen and oxygen atoms in total. The van der Waals surface area contributed by atoms with E-state index in [0.717, 1.165) is 24.0 Å². The van der Waals surface area contributed by atoms with E-state index in [2.05, 4.69) is 15.7 Å². The predicted octanol–water partition coefficient (Wildman–Crippen LogP) is 2.20. The van der Waals surface area contributed by atoms with E-state index >= 15 is 0 Å². The second-order valence-corrected chi connectivity index (χ2v) is 6.23. The molecule has 2 aromatic heterocycles. The van der Waals surface area contributed by atoms with Crippen LogP contribution in [0.1, 0.15) is 30.1 Å². The number of nitrogens with one attached hydrogen (secondary N) is 2. The van der Waals surface area contributed by atoms with Crippen LogP contribution in [0.3, 0.4) is 0 Å². The van der Waals surface area contributed by atoms with Gasteiger partial charge in [-0.1, -0.05) is 0 Å². The number of thiophene rings is 1. The van der Waals surface area contributed by atoms with Crippen molar-refractivity contribution in [3.05, 3.63) is 40.3 Å². The minimum Gasteiger partial charge on any atom is -0.371 e. The molecular formula is C15H20N4O2S. The summed E-state index contributed by atoms with van der Waals surface area (Å²) in [6.45, 7) is 1.26. The first kappa shape index (κ1) is 15.1. The van der Waals surface area contributed by atoms with E-state index in [1.807, 2.05) is 30.1 Å². The highest BCUT2D eigenvalue weighted by atomic mass is 32.1. The fourth-order valence-corrected chi connectivity index (χ4v) is 3.31. The van der Waals surface area contributed by atoms with Crippen molar-refractivity contribution in [2.75, 3.05) is 6.61 Å². The number of nitrogens with zero attached hydrogens (tertiary/aromatic N) is 2. The number of aromatic nitrogens is 2. The Bertz CT molecular complexity index is 611. The Morgan fingerprint density at radius 2 is 2.50 bits per heavy atom. The van der Waals surface area contributed by atoms with Gasteiger partial charge in [0.25, 0.3) is 0 Å². The molecule has 3 rings (SSSR count). The normalized spacial score (nSPS) is 21.5. The molecule has 2 atom stereocenters. The van der Waals surface area contributed by atoms with Crippen molar-refractivity contribution in [2.45, 2.75) is 31.5 Å². The number of hydrogen-bond acceptors (Lipinski definition) is 4. The smallest absolute Gasteiger partial charge is 0.315 e. The van der Waals surface area contributed by atoms with Gasteiger partial charge in [-0.15, -0.1) is 0 Å². The van der Waals surface area contributed by atoms with E-state index in [0.29, 0.717) is 13.2 Å². The summed E-state index contributed by atoms with van der Waals surface area (Å²) in [5.41, 5.74) is 2.12. The molecule has 3 heterocycles. The van der Waals surface area contributed by atoms with Crippen molar-refractivity contribution >= 4 is 17.4 Å². The fraction of sp³-hybridized carbons (Fsp3) is 0.467. The average molecular weight is 320 g/mol.